The molecule has 0 aromatic rings. The second-order valence-corrected chi connectivity index (χ2v) is 4.68. The van der Waals surface area contributed by atoms with E-state index in [0.717, 1.165) is 18.1 Å². The first-order valence-corrected chi connectivity index (χ1v) is 5.54. The van der Waals surface area contributed by atoms with E-state index in [1.54, 1.807) is 0 Å². The van der Waals surface area contributed by atoms with Gasteiger partial charge in [0.2, 0.25) is 0 Å². The molecule has 0 spiro atoms. The maximum atomic E-state index is 2.86. The van der Waals surface area contributed by atoms with E-state index >= 15 is 0 Å². The van der Waals surface area contributed by atoms with Gasteiger partial charge >= 0.3 is 0 Å². The molecule has 2 atom stereocenters. The summed E-state index contributed by atoms with van der Waals surface area (Å²) >= 11 is 0. The third-order valence-electron chi connectivity index (χ3n) is 3.76. The van der Waals surface area contributed by atoms with Gasteiger partial charge in [0.15, 0.2) is 0 Å². The molecule has 1 radical (unpaired) electrons. The predicted octanol–water partition coefficient (Wildman–Crippen LogP) is 2.37. The van der Waals surface area contributed by atoms with Crippen molar-refractivity contribution in [2.45, 2.75) is 63.1 Å². The summed E-state index contributed by atoms with van der Waals surface area (Å²) in [6, 6.07) is 2.91. The van der Waals surface area contributed by atoms with E-state index in [9.17, 15) is 0 Å². The lowest BCUT2D eigenvalue weighted by Gasteiger charge is -2.46. The van der Waals surface area contributed by atoms with Crippen molar-refractivity contribution in [1.82, 2.24) is 4.90 Å². The van der Waals surface area contributed by atoms with E-state index in [0.29, 0.717) is 0 Å². The van der Waals surface area contributed by atoms with Gasteiger partial charge in [-0.3, -0.25) is 4.90 Å². The molecule has 2 heterocycles. The normalized spacial score (nSPS) is 43.0. The second-order valence-electron chi connectivity index (χ2n) is 4.68. The molecule has 3 aliphatic rings. The Morgan fingerprint density at radius 2 is 1.50 bits per heavy atom. The van der Waals surface area contributed by atoms with Crippen molar-refractivity contribution in [3.8, 4) is 0 Å². The molecule has 2 unspecified atom stereocenters. The fourth-order valence-electron chi connectivity index (χ4n) is 3.11. The van der Waals surface area contributed by atoms with Gasteiger partial charge in [-0.05, 0) is 44.9 Å². The lowest BCUT2D eigenvalue weighted by molar-refractivity contribution is 0.0514. The van der Waals surface area contributed by atoms with Crippen LogP contribution >= 0.6 is 0 Å². The summed E-state index contributed by atoms with van der Waals surface area (Å²) in [4.78, 5) is 2.86. The molecule has 0 amide bonds. The van der Waals surface area contributed by atoms with E-state index in [-0.39, 0.29) is 0 Å². The summed E-state index contributed by atoms with van der Waals surface area (Å²) in [6.45, 7) is 0. The zero-order valence-electron chi connectivity index (χ0n) is 7.71. The Labute approximate surface area is 75.1 Å². The van der Waals surface area contributed by atoms with Crippen LogP contribution in [0.2, 0.25) is 0 Å². The zero-order valence-corrected chi connectivity index (χ0v) is 7.71. The van der Waals surface area contributed by atoms with Crippen molar-refractivity contribution >= 4 is 0 Å². The Morgan fingerprint density at radius 1 is 0.833 bits per heavy atom. The Bertz CT molecular complexity index is 152. The van der Waals surface area contributed by atoms with Gasteiger partial charge in [-0.25, -0.2) is 0 Å². The molecule has 67 valence electrons. The van der Waals surface area contributed by atoms with Crippen LogP contribution in [-0.4, -0.2) is 23.0 Å². The largest absolute Gasteiger partial charge is 0.294 e. The molecule has 3 rings (SSSR count). The van der Waals surface area contributed by atoms with Crippen LogP contribution in [0.15, 0.2) is 0 Å². The van der Waals surface area contributed by atoms with Gasteiger partial charge in [0.05, 0.1) is 0 Å². The van der Waals surface area contributed by atoms with Gasteiger partial charge in [-0.15, -0.1) is 0 Å². The fraction of sp³-hybridized carbons (Fsp3) is 0.909. The molecule has 12 heavy (non-hydrogen) atoms. The minimum atomic E-state index is 0.949. The van der Waals surface area contributed by atoms with Crippen LogP contribution in [0.25, 0.3) is 0 Å². The monoisotopic (exact) mass is 164 g/mol. The molecule has 0 aromatic carbocycles. The Balaban J connectivity index is 1.78. The maximum absolute atomic E-state index is 2.86. The van der Waals surface area contributed by atoms with Crippen LogP contribution in [0.3, 0.4) is 0 Å². The number of hydrogen-bond acceptors (Lipinski definition) is 1. The number of rotatable bonds is 1. The number of piperidine rings is 2. The van der Waals surface area contributed by atoms with Crippen LogP contribution in [0.5, 0.6) is 0 Å². The first-order valence-electron chi connectivity index (χ1n) is 5.54. The van der Waals surface area contributed by atoms with Gasteiger partial charge in [0.1, 0.15) is 0 Å². The summed E-state index contributed by atoms with van der Waals surface area (Å²) in [5.74, 6) is 0. The van der Waals surface area contributed by atoms with Crippen LogP contribution in [0.4, 0.5) is 0 Å². The molecule has 2 bridgehead atoms. The van der Waals surface area contributed by atoms with Crippen molar-refractivity contribution < 1.29 is 0 Å². The van der Waals surface area contributed by atoms with Crippen LogP contribution in [0, 0.1) is 6.42 Å². The average molecular weight is 164 g/mol. The molecule has 1 heteroatoms. The predicted molar refractivity (Wildman–Crippen MR) is 49.8 cm³/mol. The topological polar surface area (TPSA) is 3.24 Å². The highest BCUT2D eigenvalue weighted by atomic mass is 15.2. The summed E-state index contributed by atoms with van der Waals surface area (Å²) in [5.41, 5.74) is 0. The van der Waals surface area contributed by atoms with Crippen molar-refractivity contribution in [1.29, 1.82) is 0 Å². The average Bonchev–Trinajstić information content (AvgIpc) is 2.84. The molecular weight excluding hydrogens is 146 g/mol. The zero-order chi connectivity index (χ0) is 7.97. The SMILES string of the molecule is [CH]1CC2CCCC(C1)N2C1CC1. The van der Waals surface area contributed by atoms with Crippen molar-refractivity contribution in [2.24, 2.45) is 0 Å². The molecular formula is C11H18N. The van der Waals surface area contributed by atoms with E-state index in [1.807, 2.05) is 0 Å². The minimum absolute atomic E-state index is 0.949. The van der Waals surface area contributed by atoms with Gasteiger partial charge in [0, 0.05) is 18.1 Å². The van der Waals surface area contributed by atoms with Crippen LogP contribution in [0.1, 0.15) is 44.9 Å². The van der Waals surface area contributed by atoms with Gasteiger partial charge in [-0.2, -0.15) is 0 Å². The fourth-order valence-corrected chi connectivity index (χ4v) is 3.11. The first kappa shape index (κ1) is 7.37. The van der Waals surface area contributed by atoms with E-state index < -0.39 is 0 Å². The number of hydrogen-bond donors (Lipinski definition) is 0. The van der Waals surface area contributed by atoms with Crippen molar-refractivity contribution in [3.05, 3.63) is 6.42 Å². The first-order chi connectivity index (χ1) is 5.95. The molecule has 0 aromatic heterocycles. The lowest BCUT2D eigenvalue weighted by atomic mass is 9.84. The highest BCUT2D eigenvalue weighted by Crippen LogP contribution is 2.41. The van der Waals surface area contributed by atoms with Crippen molar-refractivity contribution in [3.63, 3.8) is 0 Å². The summed E-state index contributed by atoms with van der Waals surface area (Å²) < 4.78 is 0. The number of fused-ring (bicyclic) bond motifs is 2. The Kier molecular flexibility index (Phi) is 1.68. The summed E-state index contributed by atoms with van der Waals surface area (Å²) in [5, 5.41) is 0. The maximum Gasteiger partial charge on any atom is 0.0104 e. The third kappa shape index (κ3) is 1.10. The van der Waals surface area contributed by atoms with Crippen LogP contribution in [-0.2, 0) is 0 Å². The van der Waals surface area contributed by atoms with Gasteiger partial charge < -0.3 is 0 Å². The molecule has 2 aliphatic heterocycles. The summed E-state index contributed by atoms with van der Waals surface area (Å²) in [7, 11) is 0. The van der Waals surface area contributed by atoms with Gasteiger partial charge in [-0.1, -0.05) is 6.42 Å². The van der Waals surface area contributed by atoms with Crippen LogP contribution < -0.4 is 0 Å². The molecule has 1 nitrogen and oxygen atoms in total. The molecule has 1 saturated carbocycles. The smallest absolute Gasteiger partial charge is 0.0104 e. The number of nitrogens with zero attached hydrogens (tertiary/aromatic N) is 1. The molecule has 3 fully saturated rings. The standard InChI is InChI=1S/C11H18N/c1-3-9-5-2-6-10(4-1)12(9)11-7-8-11/h1,9-11H,2-8H2. The molecule has 2 saturated heterocycles. The second kappa shape index (κ2) is 2.73. The van der Waals surface area contributed by atoms with E-state index in [1.165, 1.54) is 44.9 Å². The highest BCUT2D eigenvalue weighted by Gasteiger charge is 2.41. The quantitative estimate of drug-likeness (QED) is 0.575. The Morgan fingerprint density at radius 3 is 2.08 bits per heavy atom. The molecule has 1 aliphatic carbocycles. The minimum Gasteiger partial charge on any atom is -0.294 e. The van der Waals surface area contributed by atoms with E-state index in [4.69, 9.17) is 0 Å². The third-order valence-corrected chi connectivity index (χ3v) is 3.76. The highest BCUT2D eigenvalue weighted by molar-refractivity contribution is 5.01. The van der Waals surface area contributed by atoms with Gasteiger partial charge in [0.25, 0.3) is 0 Å². The lowest BCUT2D eigenvalue weighted by Crippen LogP contribution is -2.50. The summed E-state index contributed by atoms with van der Waals surface area (Å²) in [6.07, 6.45) is 12.7. The Hall–Kier alpha value is -0.0400. The van der Waals surface area contributed by atoms with Crippen molar-refractivity contribution in [2.75, 3.05) is 0 Å². The van der Waals surface area contributed by atoms with E-state index in [2.05, 4.69) is 11.3 Å². The molecule has 0 N–H and O–H groups in total.